The molecule has 0 radical (unpaired) electrons. The highest BCUT2D eigenvalue weighted by Crippen LogP contribution is 2.37. The van der Waals surface area contributed by atoms with Crippen LogP contribution in [0.25, 0.3) is 0 Å². The summed E-state index contributed by atoms with van der Waals surface area (Å²) in [6.45, 7) is 0.372. The van der Waals surface area contributed by atoms with Gasteiger partial charge in [-0.1, -0.05) is 24.3 Å². The van der Waals surface area contributed by atoms with Crippen LogP contribution < -0.4 is 5.73 Å². The molecule has 0 bridgehead atoms. The maximum atomic E-state index is 13.2. The second kappa shape index (κ2) is 5.30. The summed E-state index contributed by atoms with van der Waals surface area (Å²) in [5.74, 6) is 0. The van der Waals surface area contributed by atoms with Crippen LogP contribution in [0.15, 0.2) is 24.3 Å². The van der Waals surface area contributed by atoms with E-state index in [2.05, 4.69) is 0 Å². The van der Waals surface area contributed by atoms with Crippen molar-refractivity contribution in [3.05, 3.63) is 35.4 Å². The maximum Gasteiger partial charge on any atom is 0.423 e. The van der Waals surface area contributed by atoms with Gasteiger partial charge in [-0.05, 0) is 30.5 Å². The lowest BCUT2D eigenvalue weighted by Gasteiger charge is -2.16. The Morgan fingerprint density at radius 1 is 1.19 bits per heavy atom. The minimum absolute atomic E-state index is 0.302. The van der Waals surface area contributed by atoms with Crippen molar-refractivity contribution in [3.8, 4) is 0 Å². The fourth-order valence-electron chi connectivity index (χ4n) is 1.48. The molecular formula is C11H13F4N. The second-order valence-corrected chi connectivity index (χ2v) is 3.50. The first-order valence-corrected chi connectivity index (χ1v) is 4.95. The van der Waals surface area contributed by atoms with Gasteiger partial charge in [0, 0.05) is 0 Å². The molecule has 1 aromatic rings. The number of nitrogens with two attached hydrogens (primary N) is 1. The predicted molar refractivity (Wildman–Crippen MR) is 53.7 cm³/mol. The number of aryl methyl sites for hydroxylation is 1. The number of halogens is 4. The van der Waals surface area contributed by atoms with Gasteiger partial charge < -0.3 is 5.73 Å². The van der Waals surface area contributed by atoms with Gasteiger partial charge in [-0.15, -0.1) is 0 Å². The Morgan fingerprint density at radius 3 is 2.38 bits per heavy atom. The van der Waals surface area contributed by atoms with Gasteiger partial charge in [-0.3, -0.25) is 0 Å². The molecule has 0 saturated carbocycles. The Bertz CT molecular complexity index is 335. The molecule has 2 N–H and O–H groups in total. The van der Waals surface area contributed by atoms with Crippen molar-refractivity contribution in [1.82, 2.24) is 0 Å². The van der Waals surface area contributed by atoms with Gasteiger partial charge in [0.2, 0.25) is 6.17 Å². The lowest BCUT2D eigenvalue weighted by atomic mass is 9.99. The first kappa shape index (κ1) is 13.0. The normalized spacial score (nSPS) is 13.8. The maximum absolute atomic E-state index is 13.2. The Morgan fingerprint density at radius 2 is 1.81 bits per heavy atom. The zero-order valence-electron chi connectivity index (χ0n) is 8.60. The molecule has 0 aliphatic carbocycles. The average molecular weight is 235 g/mol. The highest BCUT2D eigenvalue weighted by molar-refractivity contribution is 5.30. The number of hydrogen-bond donors (Lipinski definition) is 1. The summed E-state index contributed by atoms with van der Waals surface area (Å²) in [7, 11) is 0. The van der Waals surface area contributed by atoms with Gasteiger partial charge in [-0.25, -0.2) is 4.39 Å². The molecule has 0 fully saturated rings. The third-order valence-corrected chi connectivity index (χ3v) is 2.27. The molecule has 0 aromatic heterocycles. The largest absolute Gasteiger partial charge is 0.423 e. The van der Waals surface area contributed by atoms with E-state index in [-0.39, 0.29) is 5.56 Å². The molecule has 16 heavy (non-hydrogen) atoms. The molecule has 0 amide bonds. The van der Waals surface area contributed by atoms with Gasteiger partial charge in [0.15, 0.2) is 0 Å². The van der Waals surface area contributed by atoms with E-state index in [0.717, 1.165) is 0 Å². The second-order valence-electron chi connectivity index (χ2n) is 3.50. The average Bonchev–Trinajstić information content (AvgIpc) is 2.24. The highest BCUT2D eigenvalue weighted by Gasteiger charge is 2.42. The molecule has 1 rings (SSSR count). The van der Waals surface area contributed by atoms with Crippen molar-refractivity contribution in [2.75, 3.05) is 6.54 Å². The standard InChI is InChI=1S/C11H13F4N/c12-10(11(13,14)15)9-6-2-1-4-8(9)5-3-7-16/h1-2,4,6,10H,3,5,7,16H2. The van der Waals surface area contributed by atoms with Crippen LogP contribution >= 0.6 is 0 Å². The Balaban J connectivity index is 2.94. The molecule has 0 aliphatic heterocycles. The molecule has 90 valence electrons. The summed E-state index contributed by atoms with van der Waals surface area (Å²) in [5, 5.41) is 0. The fourth-order valence-corrected chi connectivity index (χ4v) is 1.48. The Labute approximate surface area is 91.3 Å². The fraction of sp³-hybridized carbons (Fsp3) is 0.455. The monoisotopic (exact) mass is 235 g/mol. The van der Waals surface area contributed by atoms with E-state index in [0.29, 0.717) is 24.9 Å². The van der Waals surface area contributed by atoms with Crippen molar-refractivity contribution in [2.45, 2.75) is 25.2 Å². The highest BCUT2D eigenvalue weighted by atomic mass is 19.4. The zero-order chi connectivity index (χ0) is 12.2. The van der Waals surface area contributed by atoms with Crippen molar-refractivity contribution in [3.63, 3.8) is 0 Å². The van der Waals surface area contributed by atoms with Crippen LogP contribution in [0.1, 0.15) is 23.7 Å². The SMILES string of the molecule is NCCCc1ccccc1C(F)C(F)(F)F. The number of alkyl halides is 4. The molecule has 0 heterocycles. The smallest absolute Gasteiger partial charge is 0.330 e. The van der Waals surface area contributed by atoms with Gasteiger partial charge in [-0.2, -0.15) is 13.2 Å². The lowest BCUT2D eigenvalue weighted by Crippen LogP contribution is -2.18. The first-order valence-electron chi connectivity index (χ1n) is 4.95. The summed E-state index contributed by atoms with van der Waals surface area (Å²) in [5.41, 5.74) is 5.34. The van der Waals surface area contributed by atoms with Gasteiger partial charge in [0.1, 0.15) is 0 Å². The van der Waals surface area contributed by atoms with E-state index >= 15 is 0 Å². The summed E-state index contributed by atoms with van der Waals surface area (Å²) in [6.07, 6.45) is -6.86. The Hall–Kier alpha value is -1.10. The van der Waals surface area contributed by atoms with E-state index in [1.54, 1.807) is 6.07 Å². The molecule has 0 spiro atoms. The third-order valence-electron chi connectivity index (χ3n) is 2.27. The summed E-state index contributed by atoms with van der Waals surface area (Å²) in [6, 6.07) is 5.67. The van der Waals surface area contributed by atoms with Crippen LogP contribution in [0.3, 0.4) is 0 Å². The van der Waals surface area contributed by atoms with Crippen LogP contribution in [0.2, 0.25) is 0 Å². The van der Waals surface area contributed by atoms with Crippen LogP contribution in [-0.2, 0) is 6.42 Å². The van der Waals surface area contributed by atoms with Gasteiger partial charge in [0.05, 0.1) is 0 Å². The van der Waals surface area contributed by atoms with E-state index in [9.17, 15) is 17.6 Å². The van der Waals surface area contributed by atoms with E-state index in [1.807, 2.05) is 0 Å². The van der Waals surface area contributed by atoms with Crippen molar-refractivity contribution in [2.24, 2.45) is 5.73 Å². The summed E-state index contributed by atoms with van der Waals surface area (Å²) in [4.78, 5) is 0. The molecular weight excluding hydrogens is 222 g/mol. The lowest BCUT2D eigenvalue weighted by molar-refractivity contribution is -0.183. The molecule has 5 heteroatoms. The minimum Gasteiger partial charge on any atom is -0.330 e. The van der Waals surface area contributed by atoms with E-state index in [1.165, 1.54) is 18.2 Å². The zero-order valence-corrected chi connectivity index (χ0v) is 8.60. The van der Waals surface area contributed by atoms with Crippen LogP contribution in [0.4, 0.5) is 17.6 Å². The van der Waals surface area contributed by atoms with Crippen molar-refractivity contribution < 1.29 is 17.6 Å². The van der Waals surface area contributed by atoms with E-state index in [4.69, 9.17) is 5.73 Å². The van der Waals surface area contributed by atoms with Crippen molar-refractivity contribution >= 4 is 0 Å². The minimum atomic E-state index is -4.85. The van der Waals surface area contributed by atoms with Crippen LogP contribution in [-0.4, -0.2) is 12.7 Å². The summed E-state index contributed by atoms with van der Waals surface area (Å²) < 4.78 is 49.9. The molecule has 1 unspecified atom stereocenters. The third kappa shape index (κ3) is 3.20. The van der Waals surface area contributed by atoms with Crippen molar-refractivity contribution in [1.29, 1.82) is 0 Å². The topological polar surface area (TPSA) is 26.0 Å². The molecule has 0 saturated heterocycles. The number of hydrogen-bond acceptors (Lipinski definition) is 1. The molecule has 1 aromatic carbocycles. The summed E-state index contributed by atoms with van der Waals surface area (Å²) >= 11 is 0. The number of benzene rings is 1. The van der Waals surface area contributed by atoms with Crippen LogP contribution in [0.5, 0.6) is 0 Å². The first-order chi connectivity index (χ1) is 7.46. The predicted octanol–water partition coefficient (Wildman–Crippen LogP) is 3.15. The quantitative estimate of drug-likeness (QED) is 0.797. The van der Waals surface area contributed by atoms with Crippen LogP contribution in [0, 0.1) is 0 Å². The molecule has 0 aliphatic rings. The van der Waals surface area contributed by atoms with E-state index < -0.39 is 12.3 Å². The molecule has 1 atom stereocenters. The number of rotatable bonds is 4. The van der Waals surface area contributed by atoms with Gasteiger partial charge in [0.25, 0.3) is 0 Å². The van der Waals surface area contributed by atoms with Gasteiger partial charge >= 0.3 is 6.18 Å². The molecule has 1 nitrogen and oxygen atoms in total. The Kier molecular flexibility index (Phi) is 4.29.